The Hall–Kier alpha value is -2.92. The van der Waals surface area contributed by atoms with Crippen LogP contribution in [-0.4, -0.2) is 51.4 Å². The van der Waals surface area contributed by atoms with E-state index in [4.69, 9.17) is 0 Å². The number of anilines is 1. The average molecular weight is 473 g/mol. The number of hydrogen-bond acceptors (Lipinski definition) is 5. The van der Waals surface area contributed by atoms with E-state index in [1.54, 1.807) is 9.80 Å². The van der Waals surface area contributed by atoms with Gasteiger partial charge in [0.05, 0.1) is 11.1 Å². The molecule has 0 unspecified atom stereocenters. The third-order valence-electron chi connectivity index (χ3n) is 6.21. The first-order valence-corrected chi connectivity index (χ1v) is 10.4. The fourth-order valence-corrected chi connectivity index (χ4v) is 4.26. The minimum atomic E-state index is -4.51. The van der Waals surface area contributed by atoms with Crippen LogP contribution < -0.4 is 4.90 Å². The second-order valence-electron chi connectivity index (χ2n) is 8.47. The maximum absolute atomic E-state index is 12.9. The van der Waals surface area contributed by atoms with Crippen LogP contribution in [0.4, 0.5) is 32.3 Å². The van der Waals surface area contributed by atoms with Crippen LogP contribution in [0.25, 0.3) is 0 Å². The van der Waals surface area contributed by atoms with Gasteiger partial charge in [0.1, 0.15) is 0 Å². The number of alkyl halides is 6. The minimum absolute atomic E-state index is 0.0639. The molecular formula is C21H21F6N5O. The summed E-state index contributed by atoms with van der Waals surface area (Å²) in [4.78, 5) is 27.7. The predicted octanol–water partition coefficient (Wildman–Crippen LogP) is 4.14. The van der Waals surface area contributed by atoms with Gasteiger partial charge in [-0.15, -0.1) is 0 Å². The molecule has 3 heterocycles. The summed E-state index contributed by atoms with van der Waals surface area (Å²) in [5.74, 6) is -0.312. The first-order valence-electron chi connectivity index (χ1n) is 10.4. The van der Waals surface area contributed by atoms with Crippen molar-refractivity contribution in [3.63, 3.8) is 0 Å². The highest BCUT2D eigenvalue weighted by Crippen LogP contribution is 2.43. The van der Waals surface area contributed by atoms with E-state index < -0.39 is 23.5 Å². The molecule has 6 nitrogen and oxygen atoms in total. The third-order valence-corrected chi connectivity index (χ3v) is 6.21. The van der Waals surface area contributed by atoms with Crippen LogP contribution in [0.5, 0.6) is 0 Å². The highest BCUT2D eigenvalue weighted by atomic mass is 19.4. The summed E-state index contributed by atoms with van der Waals surface area (Å²) in [5, 5.41) is 0. The first kappa shape index (κ1) is 23.2. The smallest absolute Gasteiger partial charge is 0.339 e. The number of pyridine rings is 1. The molecule has 2 aromatic rings. The summed E-state index contributed by atoms with van der Waals surface area (Å²) in [6.07, 6.45) is -4.39. The van der Waals surface area contributed by atoms with Gasteiger partial charge in [-0.05, 0) is 37.3 Å². The van der Waals surface area contributed by atoms with Gasteiger partial charge in [-0.1, -0.05) is 0 Å². The fourth-order valence-electron chi connectivity index (χ4n) is 4.26. The van der Waals surface area contributed by atoms with Gasteiger partial charge >= 0.3 is 12.4 Å². The van der Waals surface area contributed by atoms with Crippen LogP contribution >= 0.6 is 0 Å². The predicted molar refractivity (Wildman–Crippen MR) is 105 cm³/mol. The van der Waals surface area contributed by atoms with E-state index in [1.165, 1.54) is 6.20 Å². The summed E-state index contributed by atoms with van der Waals surface area (Å²) in [5.41, 5.74) is -1.25. The summed E-state index contributed by atoms with van der Waals surface area (Å²) >= 11 is 0. The normalized spacial score (nSPS) is 23.9. The Morgan fingerprint density at radius 3 is 2.15 bits per heavy atom. The van der Waals surface area contributed by atoms with Crippen molar-refractivity contribution in [2.75, 3.05) is 24.5 Å². The number of hydrogen-bond donors (Lipinski definition) is 0. The Labute approximate surface area is 185 Å². The Morgan fingerprint density at radius 1 is 0.939 bits per heavy atom. The van der Waals surface area contributed by atoms with E-state index in [-0.39, 0.29) is 29.7 Å². The molecule has 1 aliphatic carbocycles. The lowest BCUT2D eigenvalue weighted by Gasteiger charge is -2.43. The van der Waals surface area contributed by atoms with Crippen molar-refractivity contribution in [1.82, 2.24) is 19.9 Å². The van der Waals surface area contributed by atoms with Crippen molar-refractivity contribution >= 4 is 11.9 Å². The zero-order valence-corrected chi connectivity index (χ0v) is 17.6. The SMILES string of the molecule is C[C@@H]1CN(C(=O)C2CC(c3cncc(C(F)(F)F)c3)C2)CCN1c1ncc(C(F)(F)F)cn1. The van der Waals surface area contributed by atoms with Crippen LogP contribution in [0.1, 0.15) is 42.4 Å². The number of nitrogens with zero attached hydrogens (tertiary/aromatic N) is 5. The number of rotatable bonds is 3. The fraction of sp³-hybridized carbons (Fsp3) is 0.524. The number of carbonyl (C=O) groups is 1. The van der Waals surface area contributed by atoms with Crippen molar-refractivity contribution in [2.45, 2.75) is 44.1 Å². The number of carbonyl (C=O) groups excluding carboxylic acids is 1. The lowest BCUT2D eigenvalue weighted by molar-refractivity contribution is -0.140. The van der Waals surface area contributed by atoms with E-state index in [0.29, 0.717) is 38.0 Å². The highest BCUT2D eigenvalue weighted by Gasteiger charge is 2.41. The van der Waals surface area contributed by atoms with Crippen molar-refractivity contribution in [2.24, 2.45) is 5.92 Å². The molecular weight excluding hydrogens is 452 g/mol. The lowest BCUT2D eigenvalue weighted by atomic mass is 9.71. The number of amides is 1. The van der Waals surface area contributed by atoms with Crippen LogP contribution in [0.15, 0.2) is 30.9 Å². The largest absolute Gasteiger partial charge is 0.419 e. The average Bonchev–Trinajstić information content (AvgIpc) is 2.71. The molecule has 178 valence electrons. The van der Waals surface area contributed by atoms with Crippen LogP contribution in [0.2, 0.25) is 0 Å². The van der Waals surface area contributed by atoms with Crippen molar-refractivity contribution in [1.29, 1.82) is 0 Å². The van der Waals surface area contributed by atoms with Crippen molar-refractivity contribution < 1.29 is 31.1 Å². The maximum atomic E-state index is 12.9. The molecule has 12 heteroatoms. The summed E-state index contributed by atoms with van der Waals surface area (Å²) < 4.78 is 76.8. The van der Waals surface area contributed by atoms with Gasteiger partial charge in [0.15, 0.2) is 0 Å². The highest BCUT2D eigenvalue weighted by molar-refractivity contribution is 5.80. The molecule has 33 heavy (non-hydrogen) atoms. The zero-order valence-electron chi connectivity index (χ0n) is 17.6. The Kier molecular flexibility index (Phi) is 5.95. The molecule has 2 fully saturated rings. The third kappa shape index (κ3) is 4.88. The Bertz CT molecular complexity index is 1000. The van der Waals surface area contributed by atoms with Gasteiger partial charge in [-0.25, -0.2) is 9.97 Å². The summed E-state index contributed by atoms with van der Waals surface area (Å²) in [6.45, 7) is 2.92. The van der Waals surface area contributed by atoms with E-state index in [2.05, 4.69) is 15.0 Å². The topological polar surface area (TPSA) is 62.2 Å². The van der Waals surface area contributed by atoms with Crippen LogP contribution in [0, 0.1) is 5.92 Å². The minimum Gasteiger partial charge on any atom is -0.339 e. The zero-order chi connectivity index (χ0) is 24.0. The number of halogens is 6. The van der Waals surface area contributed by atoms with Gasteiger partial charge in [0, 0.05) is 56.4 Å². The molecule has 0 bridgehead atoms. The van der Waals surface area contributed by atoms with E-state index in [0.717, 1.165) is 24.7 Å². The number of aromatic nitrogens is 3. The molecule has 0 N–H and O–H groups in total. The summed E-state index contributed by atoms with van der Waals surface area (Å²) in [7, 11) is 0. The molecule has 4 rings (SSSR count). The standard InChI is InChI=1S/C21H21F6N5O/c1-12-11-31(2-3-32(12)19-29-9-17(10-30-19)21(25,26)27)18(33)14-4-13(5-14)15-6-16(8-28-7-15)20(22,23)24/h6-10,12-14H,2-5,11H2,1H3/t12-,13?,14?/m1/s1. The molecule has 1 amide bonds. The summed E-state index contributed by atoms with van der Waals surface area (Å²) in [6, 6.07) is 0.881. The van der Waals surface area contributed by atoms with Crippen molar-refractivity contribution in [3.05, 3.63) is 47.5 Å². The van der Waals surface area contributed by atoms with Gasteiger partial charge < -0.3 is 9.80 Å². The molecule has 1 saturated carbocycles. The molecule has 1 saturated heterocycles. The number of piperazine rings is 1. The molecule has 1 atom stereocenters. The molecule has 2 aliphatic rings. The quantitative estimate of drug-likeness (QED) is 0.628. The van der Waals surface area contributed by atoms with Crippen LogP contribution in [0.3, 0.4) is 0 Å². The van der Waals surface area contributed by atoms with Gasteiger partial charge in [0.2, 0.25) is 11.9 Å². The monoisotopic (exact) mass is 473 g/mol. The molecule has 1 aliphatic heterocycles. The van der Waals surface area contributed by atoms with Gasteiger partial charge in [-0.2, -0.15) is 26.3 Å². The molecule has 0 aromatic carbocycles. The van der Waals surface area contributed by atoms with Crippen LogP contribution in [-0.2, 0) is 17.1 Å². The Balaban J connectivity index is 1.33. The molecule has 0 spiro atoms. The van der Waals surface area contributed by atoms with E-state index >= 15 is 0 Å². The van der Waals surface area contributed by atoms with E-state index in [1.807, 2.05) is 6.92 Å². The maximum Gasteiger partial charge on any atom is 0.419 e. The lowest BCUT2D eigenvalue weighted by Crippen LogP contribution is -2.56. The second kappa shape index (κ2) is 8.45. The van der Waals surface area contributed by atoms with E-state index in [9.17, 15) is 31.1 Å². The molecule has 0 radical (unpaired) electrons. The molecule has 2 aromatic heterocycles. The van der Waals surface area contributed by atoms with Gasteiger partial charge in [-0.3, -0.25) is 9.78 Å². The Morgan fingerprint density at radius 2 is 1.58 bits per heavy atom. The van der Waals surface area contributed by atoms with Gasteiger partial charge in [0.25, 0.3) is 0 Å². The second-order valence-corrected chi connectivity index (χ2v) is 8.47. The first-order chi connectivity index (χ1) is 15.4. The van der Waals surface area contributed by atoms with Crippen molar-refractivity contribution in [3.8, 4) is 0 Å².